The van der Waals surface area contributed by atoms with Gasteiger partial charge in [0.05, 0.1) is 19.1 Å². The van der Waals surface area contributed by atoms with E-state index >= 15 is 0 Å². The summed E-state index contributed by atoms with van der Waals surface area (Å²) in [7, 11) is 1.69. The first-order chi connectivity index (χ1) is 18.6. The molecule has 0 atom stereocenters. The minimum absolute atomic E-state index is 0.00572. The van der Waals surface area contributed by atoms with Crippen molar-refractivity contribution in [3.63, 3.8) is 0 Å². The Balaban J connectivity index is 1.85. The molecule has 0 aromatic carbocycles. The highest BCUT2D eigenvalue weighted by atomic mass is 32.2. The summed E-state index contributed by atoms with van der Waals surface area (Å²) in [6, 6.07) is 4.69. The van der Waals surface area contributed by atoms with E-state index in [1.165, 1.54) is 28.6 Å². The number of pyridine rings is 2. The van der Waals surface area contributed by atoms with Gasteiger partial charge in [-0.2, -0.15) is 9.57 Å². The van der Waals surface area contributed by atoms with Crippen molar-refractivity contribution in [3.05, 3.63) is 40.7 Å². The Bertz CT molecular complexity index is 1340. The number of aldehydes is 1. The Morgan fingerprint density at radius 1 is 1.28 bits per heavy atom. The number of hydrogen-bond acceptors (Lipinski definition) is 10. The number of urea groups is 1. The van der Waals surface area contributed by atoms with E-state index < -0.39 is 16.1 Å². The number of aromatic nitrogens is 2. The second-order valence-electron chi connectivity index (χ2n) is 9.24. The van der Waals surface area contributed by atoms with Gasteiger partial charge in [0.15, 0.2) is 6.29 Å². The maximum atomic E-state index is 13.2. The van der Waals surface area contributed by atoms with Crippen molar-refractivity contribution in [2.45, 2.75) is 19.4 Å². The molecule has 0 aliphatic carbocycles. The van der Waals surface area contributed by atoms with Crippen molar-refractivity contribution in [2.75, 3.05) is 70.5 Å². The molecule has 14 heteroatoms. The van der Waals surface area contributed by atoms with Crippen LogP contribution in [0.3, 0.4) is 0 Å². The van der Waals surface area contributed by atoms with E-state index in [4.69, 9.17) is 9.47 Å². The van der Waals surface area contributed by atoms with Crippen LogP contribution < -0.4 is 15.0 Å². The Hall–Kier alpha value is -3.64. The van der Waals surface area contributed by atoms with E-state index in [0.717, 1.165) is 11.8 Å². The predicted octanol–water partition coefficient (Wildman–Crippen LogP) is 1.49. The van der Waals surface area contributed by atoms with E-state index in [1.807, 2.05) is 25.1 Å². The largest absolute Gasteiger partial charge is 0.490 e. The van der Waals surface area contributed by atoms with Gasteiger partial charge in [-0.15, -0.1) is 0 Å². The number of nitrogens with zero attached hydrogens (tertiary/aromatic N) is 6. The number of hydrogen-bond donors (Lipinski definition) is 1. The molecule has 2 aromatic heterocycles. The first-order valence-electron chi connectivity index (χ1n) is 12.3. The van der Waals surface area contributed by atoms with Crippen molar-refractivity contribution >= 4 is 34.0 Å². The van der Waals surface area contributed by atoms with Gasteiger partial charge in [-0.3, -0.25) is 15.0 Å². The molecule has 39 heavy (non-hydrogen) atoms. The lowest BCUT2D eigenvalue weighted by Crippen LogP contribution is -2.40. The second-order valence-corrected chi connectivity index (χ2v) is 11.2. The zero-order valence-electron chi connectivity index (χ0n) is 22.5. The normalized spacial score (nSPS) is 13.2. The van der Waals surface area contributed by atoms with Crippen molar-refractivity contribution < 1.29 is 27.5 Å². The summed E-state index contributed by atoms with van der Waals surface area (Å²) in [6.07, 6.45) is 4.26. The highest BCUT2D eigenvalue weighted by molar-refractivity contribution is 7.88. The molecule has 1 N–H and O–H groups in total. The number of carbonyl (C=O) groups excluding carboxylic acids is 2. The van der Waals surface area contributed by atoms with E-state index in [9.17, 15) is 23.3 Å². The monoisotopic (exact) mass is 559 g/mol. The molecule has 0 fully saturated rings. The first kappa shape index (κ1) is 29.9. The number of rotatable bonds is 12. The van der Waals surface area contributed by atoms with Crippen molar-refractivity contribution in [1.29, 1.82) is 5.26 Å². The van der Waals surface area contributed by atoms with Crippen LogP contribution in [0, 0.1) is 11.3 Å². The highest BCUT2D eigenvalue weighted by Crippen LogP contribution is 2.29. The number of anilines is 2. The fraction of sp³-hybridized carbons (Fsp3) is 0.480. The topological polar surface area (TPSA) is 158 Å². The molecule has 2 aromatic rings. The number of amides is 2. The summed E-state index contributed by atoms with van der Waals surface area (Å²) in [5, 5.41) is 12.0. The molecule has 0 bridgehead atoms. The van der Waals surface area contributed by atoms with Gasteiger partial charge < -0.3 is 14.4 Å². The van der Waals surface area contributed by atoms with E-state index in [2.05, 4.69) is 15.3 Å². The fourth-order valence-corrected chi connectivity index (χ4v) is 4.76. The zero-order valence-corrected chi connectivity index (χ0v) is 23.3. The number of likely N-dealkylation sites (N-methyl/N-ethyl adjacent to an activating group) is 1. The van der Waals surface area contributed by atoms with Crippen molar-refractivity contribution in [2.24, 2.45) is 0 Å². The Labute approximate surface area is 228 Å². The van der Waals surface area contributed by atoms with Crippen LogP contribution in [-0.4, -0.2) is 100 Å². The number of carbonyl (C=O) groups is 2. The van der Waals surface area contributed by atoms with Gasteiger partial charge in [0.2, 0.25) is 10.0 Å². The van der Waals surface area contributed by atoms with Gasteiger partial charge in [-0.25, -0.2) is 23.2 Å². The molecule has 3 rings (SSSR count). The molecular formula is C25H33N7O6S. The Kier molecular flexibility index (Phi) is 10.3. The molecule has 0 saturated carbocycles. The molecule has 3 heterocycles. The van der Waals surface area contributed by atoms with Gasteiger partial charge in [0.25, 0.3) is 0 Å². The van der Waals surface area contributed by atoms with E-state index in [-0.39, 0.29) is 42.5 Å². The summed E-state index contributed by atoms with van der Waals surface area (Å²) in [4.78, 5) is 37.1. The third-order valence-corrected chi connectivity index (χ3v) is 7.26. The third kappa shape index (κ3) is 7.93. The van der Waals surface area contributed by atoms with Gasteiger partial charge >= 0.3 is 6.03 Å². The number of aryl methyl sites for hydroxylation is 1. The van der Waals surface area contributed by atoms with Crippen LogP contribution in [0.1, 0.15) is 33.6 Å². The predicted molar refractivity (Wildman–Crippen MR) is 144 cm³/mol. The van der Waals surface area contributed by atoms with Crippen molar-refractivity contribution in [1.82, 2.24) is 19.2 Å². The molecule has 13 nitrogen and oxygen atoms in total. The van der Waals surface area contributed by atoms with Crippen LogP contribution in [0.25, 0.3) is 0 Å². The number of nitriles is 1. The summed E-state index contributed by atoms with van der Waals surface area (Å²) in [6.45, 7) is 1.66. The van der Waals surface area contributed by atoms with Crippen LogP contribution in [0.4, 0.5) is 16.4 Å². The summed E-state index contributed by atoms with van der Waals surface area (Å²) in [5.74, 6) is 0.763. The lowest BCUT2D eigenvalue weighted by Gasteiger charge is -2.30. The minimum atomic E-state index is -3.54. The molecule has 1 aliphatic rings. The Morgan fingerprint density at radius 2 is 2.05 bits per heavy atom. The van der Waals surface area contributed by atoms with Crippen LogP contribution in [0.5, 0.6) is 5.75 Å². The minimum Gasteiger partial charge on any atom is -0.490 e. The molecule has 0 spiro atoms. The zero-order chi connectivity index (χ0) is 28.6. The van der Waals surface area contributed by atoms with Gasteiger partial charge in [-0.05, 0) is 44.1 Å². The van der Waals surface area contributed by atoms with Crippen LogP contribution in [-0.2, 0) is 27.7 Å². The van der Waals surface area contributed by atoms with Crippen LogP contribution in [0.15, 0.2) is 18.3 Å². The average Bonchev–Trinajstić information content (AvgIpc) is 2.89. The highest BCUT2D eigenvalue weighted by Gasteiger charge is 2.28. The molecule has 210 valence electrons. The molecule has 0 unspecified atom stereocenters. The number of nitrogens with one attached hydrogen (secondary N) is 1. The molecule has 2 amide bonds. The second kappa shape index (κ2) is 13.4. The number of ether oxygens (including phenoxy) is 2. The van der Waals surface area contributed by atoms with Crippen molar-refractivity contribution in [3.8, 4) is 11.8 Å². The molecular weight excluding hydrogens is 526 g/mol. The SMILES string of the molecule is COCCOc1cc(NC(=O)N2CCCc3cc(CN(CCN(C)C)S(C)(=O)=O)c(C=O)nc32)ncc1C#N. The number of fused-ring (bicyclic) bond motifs is 1. The fourth-order valence-electron chi connectivity index (χ4n) is 3.97. The first-order valence-corrected chi connectivity index (χ1v) is 14.1. The molecule has 0 saturated heterocycles. The van der Waals surface area contributed by atoms with Crippen LogP contribution >= 0.6 is 0 Å². The average molecular weight is 560 g/mol. The van der Waals surface area contributed by atoms with Crippen LogP contribution in [0.2, 0.25) is 0 Å². The summed E-state index contributed by atoms with van der Waals surface area (Å²) >= 11 is 0. The maximum absolute atomic E-state index is 13.2. The van der Waals surface area contributed by atoms with Gasteiger partial charge in [0, 0.05) is 39.4 Å². The number of sulfonamides is 1. The summed E-state index contributed by atoms with van der Waals surface area (Å²) < 4.78 is 36.6. The standard InChI is InChI=1S/C25H33N7O6S/c1-30(2)8-9-31(39(4,35)36)16-19-12-18-6-5-7-32(24(18)28-21(19)17-33)25(34)29-23-13-22(38-11-10-37-3)20(14-26)15-27-23/h12-13,15,17H,5-11,16H2,1-4H3,(H,27,29,34). The Morgan fingerprint density at radius 3 is 2.69 bits per heavy atom. The lowest BCUT2D eigenvalue weighted by molar-refractivity contribution is 0.111. The quantitative estimate of drug-likeness (QED) is 0.298. The molecule has 0 radical (unpaired) electrons. The lowest BCUT2D eigenvalue weighted by atomic mass is 10.0. The van der Waals surface area contributed by atoms with Gasteiger partial charge in [-0.1, -0.05) is 0 Å². The van der Waals surface area contributed by atoms with Gasteiger partial charge in [0.1, 0.15) is 41.3 Å². The van der Waals surface area contributed by atoms with E-state index in [1.54, 1.807) is 6.07 Å². The number of methoxy groups -OCH3 is 1. The maximum Gasteiger partial charge on any atom is 0.328 e. The molecule has 1 aliphatic heterocycles. The summed E-state index contributed by atoms with van der Waals surface area (Å²) in [5.41, 5.74) is 1.49. The van der Waals surface area contributed by atoms with E-state index in [0.29, 0.717) is 50.2 Å². The smallest absolute Gasteiger partial charge is 0.328 e. The third-order valence-electron chi connectivity index (χ3n) is 6.01.